The second-order valence-corrected chi connectivity index (χ2v) is 6.12. The molecule has 3 saturated carbocycles. The zero-order chi connectivity index (χ0) is 13.6. The van der Waals surface area contributed by atoms with Crippen LogP contribution in [-0.4, -0.2) is 41.7 Å². The molecule has 4 rings (SSSR count). The molecule has 19 heavy (non-hydrogen) atoms. The highest BCUT2D eigenvalue weighted by Crippen LogP contribution is 2.70. The number of fused-ring (bicyclic) bond motifs is 6. The van der Waals surface area contributed by atoms with Gasteiger partial charge in [0.05, 0.1) is 18.3 Å². The summed E-state index contributed by atoms with van der Waals surface area (Å²) in [4.78, 5) is 11.0. The average molecular weight is 278 g/mol. The Morgan fingerprint density at radius 3 is 2.58 bits per heavy atom. The van der Waals surface area contributed by atoms with Crippen molar-refractivity contribution in [3.05, 3.63) is 0 Å². The van der Waals surface area contributed by atoms with Crippen LogP contribution in [0.5, 0.6) is 0 Å². The van der Waals surface area contributed by atoms with E-state index in [0.717, 1.165) is 12.8 Å². The topological polar surface area (TPSA) is 59.1 Å². The molecule has 2 bridgehead atoms. The fraction of sp³-hybridized carbons (Fsp3) is 0.917. The van der Waals surface area contributed by atoms with Gasteiger partial charge in [-0.05, 0) is 25.2 Å². The Labute approximate surface area is 106 Å². The van der Waals surface area contributed by atoms with Crippen molar-refractivity contribution < 1.29 is 32.5 Å². The molecule has 0 amide bonds. The summed E-state index contributed by atoms with van der Waals surface area (Å²) in [6.07, 6.45) is -4.92. The fourth-order valence-corrected chi connectivity index (χ4v) is 4.18. The molecule has 1 saturated heterocycles. The SMILES string of the molecule is O=C(O[C@H]1[C@@H]2C[C@@H]([C@H]3O[C@@H]23)C2(CC2)[C@@H]1O)C(F)(F)F. The van der Waals surface area contributed by atoms with Crippen LogP contribution in [0, 0.1) is 17.3 Å². The molecule has 1 heterocycles. The summed E-state index contributed by atoms with van der Waals surface area (Å²) in [5.41, 5.74) is -0.372. The Morgan fingerprint density at radius 2 is 2.00 bits per heavy atom. The molecule has 1 aliphatic heterocycles. The largest absolute Gasteiger partial charge is 0.490 e. The Morgan fingerprint density at radius 1 is 1.32 bits per heavy atom. The zero-order valence-corrected chi connectivity index (χ0v) is 9.89. The van der Waals surface area contributed by atoms with Crippen molar-refractivity contribution in [2.45, 2.75) is 49.9 Å². The maximum atomic E-state index is 12.3. The van der Waals surface area contributed by atoms with Crippen molar-refractivity contribution >= 4 is 5.97 Å². The number of alkyl halides is 3. The average Bonchev–Trinajstić information content (AvgIpc) is 3.22. The molecule has 4 aliphatic rings. The lowest BCUT2D eigenvalue weighted by Crippen LogP contribution is -2.51. The highest BCUT2D eigenvalue weighted by atomic mass is 19.4. The second kappa shape index (κ2) is 3.25. The lowest BCUT2D eigenvalue weighted by molar-refractivity contribution is -0.220. The number of rotatable bonds is 1. The van der Waals surface area contributed by atoms with Gasteiger partial charge in [0.25, 0.3) is 0 Å². The van der Waals surface area contributed by atoms with Gasteiger partial charge < -0.3 is 14.6 Å². The van der Waals surface area contributed by atoms with Gasteiger partial charge in [-0.3, -0.25) is 0 Å². The normalized spacial score (nSPS) is 48.8. The van der Waals surface area contributed by atoms with E-state index in [-0.39, 0.29) is 29.5 Å². The van der Waals surface area contributed by atoms with E-state index >= 15 is 0 Å². The minimum atomic E-state index is -5.02. The molecule has 0 aromatic rings. The summed E-state index contributed by atoms with van der Waals surface area (Å²) < 4.78 is 46.9. The molecule has 3 aliphatic carbocycles. The lowest BCUT2D eigenvalue weighted by atomic mass is 9.72. The van der Waals surface area contributed by atoms with Crippen molar-refractivity contribution in [3.63, 3.8) is 0 Å². The van der Waals surface area contributed by atoms with Crippen LogP contribution in [0.4, 0.5) is 13.2 Å². The Bertz CT molecular complexity index is 445. The number of aliphatic hydroxyl groups is 1. The van der Waals surface area contributed by atoms with E-state index in [2.05, 4.69) is 4.74 Å². The molecular weight excluding hydrogens is 265 g/mol. The number of hydrogen-bond acceptors (Lipinski definition) is 4. The molecule has 0 unspecified atom stereocenters. The summed E-state index contributed by atoms with van der Waals surface area (Å²) in [6, 6.07) is 0. The zero-order valence-electron chi connectivity index (χ0n) is 9.89. The summed E-state index contributed by atoms with van der Waals surface area (Å²) in [7, 11) is 0. The van der Waals surface area contributed by atoms with E-state index in [4.69, 9.17) is 4.74 Å². The second-order valence-electron chi connectivity index (χ2n) is 6.12. The molecule has 1 spiro atoms. The fourth-order valence-electron chi connectivity index (χ4n) is 4.18. The maximum absolute atomic E-state index is 12.3. The van der Waals surface area contributed by atoms with Gasteiger partial charge in [0, 0.05) is 11.3 Å². The third-order valence-corrected chi connectivity index (χ3v) is 5.27. The highest BCUT2D eigenvalue weighted by molar-refractivity contribution is 5.75. The van der Waals surface area contributed by atoms with Gasteiger partial charge in [-0.1, -0.05) is 0 Å². The summed E-state index contributed by atoms with van der Waals surface area (Å²) in [5.74, 6) is -2.28. The van der Waals surface area contributed by atoms with E-state index in [0.29, 0.717) is 6.42 Å². The first-order valence-corrected chi connectivity index (χ1v) is 6.46. The van der Waals surface area contributed by atoms with Crippen molar-refractivity contribution in [3.8, 4) is 0 Å². The van der Waals surface area contributed by atoms with Crippen LogP contribution in [0.25, 0.3) is 0 Å². The van der Waals surface area contributed by atoms with Gasteiger partial charge in [-0.25, -0.2) is 4.79 Å². The summed E-state index contributed by atoms with van der Waals surface area (Å²) in [6.45, 7) is 0. The molecule has 4 nitrogen and oxygen atoms in total. The summed E-state index contributed by atoms with van der Waals surface area (Å²) >= 11 is 0. The number of hydrogen-bond donors (Lipinski definition) is 1. The molecule has 0 radical (unpaired) electrons. The van der Waals surface area contributed by atoms with Crippen molar-refractivity contribution in [1.82, 2.24) is 0 Å². The summed E-state index contributed by atoms with van der Waals surface area (Å²) in [5, 5.41) is 10.3. The van der Waals surface area contributed by atoms with Gasteiger partial charge in [-0.15, -0.1) is 0 Å². The minimum Gasteiger partial charge on any atom is -0.453 e. The first kappa shape index (κ1) is 12.0. The van der Waals surface area contributed by atoms with Crippen molar-refractivity contribution in [1.29, 1.82) is 0 Å². The van der Waals surface area contributed by atoms with Crippen molar-refractivity contribution in [2.24, 2.45) is 17.3 Å². The van der Waals surface area contributed by atoms with Crippen LogP contribution in [-0.2, 0) is 14.3 Å². The molecule has 4 fully saturated rings. The van der Waals surface area contributed by atoms with E-state index in [1.54, 1.807) is 0 Å². The molecule has 106 valence electrons. The van der Waals surface area contributed by atoms with E-state index in [1.165, 1.54) is 0 Å². The van der Waals surface area contributed by atoms with E-state index < -0.39 is 24.4 Å². The Balaban J connectivity index is 1.59. The lowest BCUT2D eigenvalue weighted by Gasteiger charge is -2.41. The predicted octanol–water partition coefficient (Wildman–Crippen LogP) is 1.02. The number of aliphatic hydroxyl groups excluding tert-OH is 1. The number of epoxide rings is 1. The monoisotopic (exact) mass is 278 g/mol. The van der Waals surface area contributed by atoms with Crippen LogP contribution in [0.3, 0.4) is 0 Å². The van der Waals surface area contributed by atoms with Crippen LogP contribution >= 0.6 is 0 Å². The maximum Gasteiger partial charge on any atom is 0.490 e. The first-order valence-electron chi connectivity index (χ1n) is 6.46. The number of halogens is 3. The standard InChI is InChI=1S/C12H13F3O4/c13-12(14,15)10(17)19-7-4-3-5(8-6(4)18-8)11(1-2-11)9(7)16/h4-9,16H,1-3H2/t4-,5+,6+,7+,8-,9-/m1/s1. The molecule has 7 heteroatoms. The molecule has 0 aromatic heterocycles. The molecule has 0 aromatic carbocycles. The predicted molar refractivity (Wildman–Crippen MR) is 53.9 cm³/mol. The van der Waals surface area contributed by atoms with Crippen LogP contribution in [0.1, 0.15) is 19.3 Å². The van der Waals surface area contributed by atoms with E-state index in [9.17, 15) is 23.1 Å². The van der Waals surface area contributed by atoms with Gasteiger partial charge in [0.1, 0.15) is 6.10 Å². The number of carbonyl (C=O) groups excluding carboxylic acids is 1. The van der Waals surface area contributed by atoms with Gasteiger partial charge >= 0.3 is 12.1 Å². The number of ether oxygens (including phenoxy) is 2. The number of esters is 1. The third kappa shape index (κ3) is 1.45. The van der Waals surface area contributed by atoms with Crippen LogP contribution < -0.4 is 0 Å². The molecular formula is C12H13F3O4. The van der Waals surface area contributed by atoms with Gasteiger partial charge in [-0.2, -0.15) is 13.2 Å². The van der Waals surface area contributed by atoms with Gasteiger partial charge in [0.15, 0.2) is 0 Å². The van der Waals surface area contributed by atoms with Crippen LogP contribution in [0.2, 0.25) is 0 Å². The molecule has 6 atom stereocenters. The highest BCUT2D eigenvalue weighted by Gasteiger charge is 2.75. The third-order valence-electron chi connectivity index (χ3n) is 5.27. The smallest absolute Gasteiger partial charge is 0.453 e. The number of carbonyl (C=O) groups is 1. The quantitative estimate of drug-likeness (QED) is 0.574. The Kier molecular flexibility index (Phi) is 2.05. The first-order chi connectivity index (χ1) is 8.84. The minimum absolute atomic E-state index is 0.0525. The van der Waals surface area contributed by atoms with Gasteiger partial charge in [0.2, 0.25) is 0 Å². The molecule has 1 N–H and O–H groups in total. The van der Waals surface area contributed by atoms with E-state index in [1.807, 2.05) is 0 Å². The Hall–Kier alpha value is -0.820. The van der Waals surface area contributed by atoms with Crippen LogP contribution in [0.15, 0.2) is 0 Å². The van der Waals surface area contributed by atoms with Crippen molar-refractivity contribution in [2.75, 3.05) is 0 Å².